The van der Waals surface area contributed by atoms with Crippen molar-refractivity contribution in [1.82, 2.24) is 10.3 Å². The van der Waals surface area contributed by atoms with Gasteiger partial charge in [-0.1, -0.05) is 12.0 Å². The summed E-state index contributed by atoms with van der Waals surface area (Å²) in [5, 5.41) is 3.01. The van der Waals surface area contributed by atoms with Gasteiger partial charge in [0.2, 0.25) is 5.56 Å². The molecule has 2 N–H and O–H groups in total. The molecule has 0 saturated carbocycles. The molecule has 3 nitrogen and oxygen atoms in total. The number of pyridine rings is 1. The van der Waals surface area contributed by atoms with Crippen molar-refractivity contribution in [2.24, 2.45) is 0 Å². The molecule has 0 saturated heterocycles. The van der Waals surface area contributed by atoms with E-state index in [2.05, 4.69) is 16.2 Å². The van der Waals surface area contributed by atoms with Crippen molar-refractivity contribution in [2.75, 3.05) is 6.54 Å². The van der Waals surface area contributed by atoms with E-state index in [9.17, 15) is 4.79 Å². The molecule has 1 aromatic heterocycles. The maximum Gasteiger partial charge on any atom is 0.247 e. The maximum atomic E-state index is 10.6. The fourth-order valence-electron chi connectivity index (χ4n) is 0.832. The average molecular weight is 162 g/mol. The first-order chi connectivity index (χ1) is 5.83. The topological polar surface area (TPSA) is 44.9 Å². The Hall–Kier alpha value is -1.53. The smallest absolute Gasteiger partial charge is 0.247 e. The quantitative estimate of drug-likeness (QED) is 0.489. The number of aromatic amines is 1. The second kappa shape index (κ2) is 4.37. The van der Waals surface area contributed by atoms with Crippen LogP contribution in [0.4, 0.5) is 0 Å². The molecule has 0 radical (unpaired) electrons. The fourth-order valence-corrected chi connectivity index (χ4v) is 0.832. The first kappa shape index (κ1) is 8.57. The molecule has 62 valence electrons. The summed E-state index contributed by atoms with van der Waals surface area (Å²) in [6.07, 6.45) is 6.72. The van der Waals surface area contributed by atoms with Gasteiger partial charge in [-0.25, -0.2) is 0 Å². The summed E-state index contributed by atoms with van der Waals surface area (Å²) in [5.41, 5.74) is 0.931. The Bertz CT molecular complexity index is 315. The summed E-state index contributed by atoms with van der Waals surface area (Å²) in [6.45, 7) is 1.22. The van der Waals surface area contributed by atoms with Gasteiger partial charge in [-0.2, -0.15) is 0 Å². The Morgan fingerprint density at radius 3 is 3.00 bits per heavy atom. The largest absolute Gasteiger partial charge is 0.329 e. The van der Waals surface area contributed by atoms with Crippen LogP contribution < -0.4 is 10.9 Å². The molecule has 12 heavy (non-hydrogen) atoms. The van der Waals surface area contributed by atoms with Crippen LogP contribution in [0.5, 0.6) is 0 Å². The van der Waals surface area contributed by atoms with E-state index in [1.807, 2.05) is 0 Å². The molecule has 0 amide bonds. The van der Waals surface area contributed by atoms with Crippen molar-refractivity contribution in [3.05, 3.63) is 34.2 Å². The minimum Gasteiger partial charge on any atom is -0.329 e. The predicted molar refractivity (Wildman–Crippen MR) is 47.6 cm³/mol. The second-order valence-corrected chi connectivity index (χ2v) is 2.37. The van der Waals surface area contributed by atoms with E-state index < -0.39 is 0 Å². The highest BCUT2D eigenvalue weighted by atomic mass is 16.1. The van der Waals surface area contributed by atoms with Crippen molar-refractivity contribution in [3.63, 3.8) is 0 Å². The molecule has 1 rings (SSSR count). The summed E-state index contributed by atoms with van der Waals surface area (Å²) in [7, 11) is 0. The summed E-state index contributed by atoms with van der Waals surface area (Å²) < 4.78 is 0. The molecule has 0 spiro atoms. The predicted octanol–water partition coefficient (Wildman–Crippen LogP) is 0.0977. The third-order valence-electron chi connectivity index (χ3n) is 1.40. The highest BCUT2D eigenvalue weighted by molar-refractivity contribution is 5.08. The zero-order valence-corrected chi connectivity index (χ0v) is 6.63. The summed E-state index contributed by atoms with van der Waals surface area (Å²) in [4.78, 5) is 13.2. The average Bonchev–Trinajstić information content (AvgIpc) is 2.09. The van der Waals surface area contributed by atoms with Gasteiger partial charge < -0.3 is 10.3 Å². The lowest BCUT2D eigenvalue weighted by molar-refractivity contribution is 0.766. The van der Waals surface area contributed by atoms with Gasteiger partial charge in [-0.05, 0) is 5.56 Å². The van der Waals surface area contributed by atoms with Gasteiger partial charge in [0, 0.05) is 18.8 Å². The van der Waals surface area contributed by atoms with Crippen molar-refractivity contribution in [1.29, 1.82) is 0 Å². The zero-order valence-electron chi connectivity index (χ0n) is 6.63. The van der Waals surface area contributed by atoms with E-state index in [4.69, 9.17) is 6.42 Å². The van der Waals surface area contributed by atoms with Crippen molar-refractivity contribution < 1.29 is 0 Å². The van der Waals surface area contributed by atoms with Crippen LogP contribution in [-0.4, -0.2) is 11.5 Å². The molecule has 0 aromatic carbocycles. The van der Waals surface area contributed by atoms with Crippen LogP contribution in [0.3, 0.4) is 0 Å². The van der Waals surface area contributed by atoms with Gasteiger partial charge in [0.15, 0.2) is 0 Å². The molecule has 3 heteroatoms. The normalized spacial score (nSPS) is 9.25. The van der Waals surface area contributed by atoms with E-state index in [0.717, 1.165) is 5.56 Å². The van der Waals surface area contributed by atoms with Crippen LogP contribution in [0.2, 0.25) is 0 Å². The Labute approximate surface area is 70.8 Å². The Morgan fingerprint density at radius 1 is 1.58 bits per heavy atom. The molecular weight excluding hydrogens is 152 g/mol. The third kappa shape index (κ3) is 2.60. The molecule has 1 heterocycles. The number of nitrogens with one attached hydrogen (secondary N) is 2. The Kier molecular flexibility index (Phi) is 3.12. The van der Waals surface area contributed by atoms with Gasteiger partial charge in [-0.15, -0.1) is 6.42 Å². The zero-order chi connectivity index (χ0) is 8.81. The van der Waals surface area contributed by atoms with Gasteiger partial charge in [-0.3, -0.25) is 4.79 Å². The van der Waals surface area contributed by atoms with E-state index in [-0.39, 0.29) is 5.56 Å². The van der Waals surface area contributed by atoms with Crippen molar-refractivity contribution in [3.8, 4) is 12.3 Å². The number of hydrogen-bond donors (Lipinski definition) is 2. The first-order valence-corrected chi connectivity index (χ1v) is 3.65. The van der Waals surface area contributed by atoms with Gasteiger partial charge in [0.25, 0.3) is 0 Å². The molecule has 0 bridgehead atoms. The molecule has 0 unspecified atom stereocenters. The van der Waals surface area contributed by atoms with E-state index >= 15 is 0 Å². The van der Waals surface area contributed by atoms with Gasteiger partial charge >= 0.3 is 0 Å². The molecule has 1 aromatic rings. The van der Waals surface area contributed by atoms with E-state index in [0.29, 0.717) is 13.1 Å². The lowest BCUT2D eigenvalue weighted by Gasteiger charge is -1.98. The standard InChI is InChI=1S/C9H10N2O/c1-2-5-10-6-8-3-4-9(12)11-7-8/h1,3-4,7,10H,5-6H2,(H,11,12). The third-order valence-corrected chi connectivity index (χ3v) is 1.40. The fraction of sp³-hybridized carbons (Fsp3) is 0.222. The van der Waals surface area contributed by atoms with Crippen molar-refractivity contribution in [2.45, 2.75) is 6.54 Å². The lowest BCUT2D eigenvalue weighted by atomic mass is 10.3. The minimum absolute atomic E-state index is 0.0873. The minimum atomic E-state index is -0.0873. The molecular formula is C9H10N2O. The number of aromatic nitrogens is 1. The summed E-state index contributed by atoms with van der Waals surface area (Å²) >= 11 is 0. The molecule has 0 aliphatic rings. The molecule has 0 aliphatic carbocycles. The first-order valence-electron chi connectivity index (χ1n) is 3.65. The molecule has 0 atom stereocenters. The number of rotatable bonds is 3. The molecule has 0 aliphatic heterocycles. The van der Waals surface area contributed by atoms with Crippen LogP contribution in [0.25, 0.3) is 0 Å². The summed E-state index contributed by atoms with van der Waals surface area (Å²) in [5.74, 6) is 2.47. The second-order valence-electron chi connectivity index (χ2n) is 2.37. The SMILES string of the molecule is C#CCNCc1ccc(=O)[nH]c1. The Balaban J connectivity index is 2.49. The summed E-state index contributed by atoms with van der Waals surface area (Å²) in [6, 6.07) is 3.26. The number of H-pyrrole nitrogens is 1. The van der Waals surface area contributed by atoms with Crippen LogP contribution in [-0.2, 0) is 6.54 Å². The number of hydrogen-bond acceptors (Lipinski definition) is 2. The van der Waals surface area contributed by atoms with Crippen LogP contribution in [0.15, 0.2) is 23.1 Å². The van der Waals surface area contributed by atoms with Crippen LogP contribution >= 0.6 is 0 Å². The highest BCUT2D eigenvalue weighted by Gasteiger charge is 1.89. The lowest BCUT2D eigenvalue weighted by Crippen LogP contribution is -2.14. The number of terminal acetylenes is 1. The van der Waals surface area contributed by atoms with Crippen molar-refractivity contribution >= 4 is 0 Å². The van der Waals surface area contributed by atoms with Gasteiger partial charge in [0.05, 0.1) is 6.54 Å². The van der Waals surface area contributed by atoms with E-state index in [1.54, 1.807) is 12.3 Å². The van der Waals surface area contributed by atoms with Crippen LogP contribution in [0, 0.1) is 12.3 Å². The maximum absolute atomic E-state index is 10.6. The molecule has 0 fully saturated rings. The Morgan fingerprint density at radius 2 is 2.42 bits per heavy atom. The van der Waals surface area contributed by atoms with Gasteiger partial charge in [0.1, 0.15) is 0 Å². The monoisotopic (exact) mass is 162 g/mol. The highest BCUT2D eigenvalue weighted by Crippen LogP contribution is 1.90. The van der Waals surface area contributed by atoms with E-state index in [1.165, 1.54) is 6.07 Å². The van der Waals surface area contributed by atoms with Crippen LogP contribution in [0.1, 0.15) is 5.56 Å².